The Morgan fingerprint density at radius 3 is 2.34 bits per heavy atom. The van der Waals surface area contributed by atoms with Crippen LogP contribution in [0, 0.1) is 18.7 Å². The Morgan fingerprint density at radius 2 is 1.76 bits per heavy atom. The van der Waals surface area contributed by atoms with Crippen LogP contribution in [0.5, 0.6) is 5.75 Å². The molecule has 0 unspecified atom stereocenters. The molecule has 0 aliphatic carbocycles. The molecule has 2 aromatic rings. The Kier molecular flexibility index (Phi) is 9.96. The maximum absolute atomic E-state index is 12.7. The van der Waals surface area contributed by atoms with Gasteiger partial charge in [0.05, 0.1) is 12.1 Å². The van der Waals surface area contributed by atoms with E-state index in [-0.39, 0.29) is 5.82 Å². The summed E-state index contributed by atoms with van der Waals surface area (Å²) in [5.41, 5.74) is 3.80. The molecule has 0 N–H and O–H groups in total. The van der Waals surface area contributed by atoms with E-state index in [1.807, 2.05) is 24.3 Å². The molecule has 1 saturated heterocycles. The first-order valence-electron chi connectivity index (χ1n) is 10.7. The lowest BCUT2D eigenvalue weighted by atomic mass is 9.99. The van der Waals surface area contributed by atoms with E-state index >= 15 is 0 Å². The zero-order chi connectivity index (χ0) is 21.2. The third kappa shape index (κ3) is 7.98. The van der Waals surface area contributed by atoms with Crippen LogP contribution < -0.4 is 4.74 Å². The number of benzene rings is 2. The molecule has 29 heavy (non-hydrogen) atoms. The summed E-state index contributed by atoms with van der Waals surface area (Å²) in [7, 11) is 1.64. The molecule has 2 nitrogen and oxygen atoms in total. The number of likely N-dealkylation sites (tertiary alicyclic amines) is 1. The Hall–Kier alpha value is -1.58. The highest BCUT2D eigenvalue weighted by molar-refractivity contribution is 6.32. The van der Waals surface area contributed by atoms with Gasteiger partial charge < -0.3 is 9.64 Å². The lowest BCUT2D eigenvalue weighted by Crippen LogP contribution is -2.34. The summed E-state index contributed by atoms with van der Waals surface area (Å²) < 4.78 is 17.8. The van der Waals surface area contributed by atoms with Crippen molar-refractivity contribution in [1.29, 1.82) is 0 Å². The number of ether oxygens (including phenoxy) is 1. The minimum atomic E-state index is -0.143. The summed E-state index contributed by atoms with van der Waals surface area (Å²) in [5.74, 6) is 1.51. The monoisotopic (exact) mass is 419 g/mol. The van der Waals surface area contributed by atoms with Gasteiger partial charge in [-0.25, -0.2) is 4.39 Å². The second-order valence-electron chi connectivity index (χ2n) is 8.06. The molecular formula is C25H35ClFNO. The number of hydrogen-bond donors (Lipinski definition) is 0. The molecule has 0 amide bonds. The van der Waals surface area contributed by atoms with Crippen molar-refractivity contribution in [2.75, 3.05) is 26.7 Å². The molecule has 0 radical (unpaired) electrons. The number of aryl methyl sites for hydroxylation is 2. The Morgan fingerprint density at radius 1 is 1.10 bits per heavy atom. The van der Waals surface area contributed by atoms with Gasteiger partial charge in [-0.2, -0.15) is 0 Å². The van der Waals surface area contributed by atoms with E-state index in [1.54, 1.807) is 19.2 Å². The van der Waals surface area contributed by atoms with Crippen molar-refractivity contribution in [3.63, 3.8) is 0 Å². The maximum Gasteiger partial charge on any atom is 0.137 e. The van der Waals surface area contributed by atoms with Crippen molar-refractivity contribution < 1.29 is 9.13 Å². The SMILES string of the molecule is CC1CCN(CCc2ccc(F)cc2)CC1.CCCc1cc(Cl)c(OC)cc1C. The zero-order valence-corrected chi connectivity index (χ0v) is 19.1. The molecule has 4 heteroatoms. The highest BCUT2D eigenvalue weighted by Crippen LogP contribution is 2.28. The van der Waals surface area contributed by atoms with E-state index in [0.29, 0.717) is 5.02 Å². The first-order valence-corrected chi connectivity index (χ1v) is 11.1. The largest absolute Gasteiger partial charge is 0.495 e. The number of rotatable bonds is 6. The first-order chi connectivity index (χ1) is 13.9. The van der Waals surface area contributed by atoms with E-state index in [4.69, 9.17) is 16.3 Å². The predicted octanol–water partition coefficient (Wildman–Crippen LogP) is 6.71. The summed E-state index contributed by atoms with van der Waals surface area (Å²) in [5, 5.41) is 0.705. The van der Waals surface area contributed by atoms with E-state index in [9.17, 15) is 4.39 Å². The molecule has 0 spiro atoms. The third-order valence-electron chi connectivity index (χ3n) is 5.64. The van der Waals surface area contributed by atoms with Crippen molar-refractivity contribution in [2.45, 2.75) is 52.9 Å². The minimum absolute atomic E-state index is 0.143. The van der Waals surface area contributed by atoms with Crippen LogP contribution in [0.15, 0.2) is 36.4 Å². The highest BCUT2D eigenvalue weighted by Gasteiger charge is 2.14. The fourth-order valence-corrected chi connectivity index (χ4v) is 3.88. The molecule has 0 saturated carbocycles. The molecule has 160 valence electrons. The second kappa shape index (κ2) is 12.2. The van der Waals surface area contributed by atoms with Gasteiger partial charge in [-0.15, -0.1) is 0 Å². The third-order valence-corrected chi connectivity index (χ3v) is 5.93. The predicted molar refractivity (Wildman–Crippen MR) is 122 cm³/mol. The van der Waals surface area contributed by atoms with Crippen LogP contribution in [-0.2, 0) is 12.8 Å². The van der Waals surface area contributed by atoms with Gasteiger partial charge in [0.25, 0.3) is 0 Å². The van der Waals surface area contributed by atoms with Crippen LogP contribution in [0.1, 0.15) is 49.8 Å². The van der Waals surface area contributed by atoms with Crippen LogP contribution in [0.4, 0.5) is 4.39 Å². The summed E-state index contributed by atoms with van der Waals surface area (Å²) in [6, 6.07) is 10.9. The molecule has 0 atom stereocenters. The Labute approximate surface area is 181 Å². The fraction of sp³-hybridized carbons (Fsp3) is 0.520. The van der Waals surface area contributed by atoms with Gasteiger partial charge >= 0.3 is 0 Å². The number of hydrogen-bond acceptors (Lipinski definition) is 2. The Bertz CT molecular complexity index is 739. The maximum atomic E-state index is 12.7. The molecule has 1 aliphatic rings. The molecule has 1 heterocycles. The van der Waals surface area contributed by atoms with E-state index < -0.39 is 0 Å². The van der Waals surface area contributed by atoms with Crippen molar-refractivity contribution in [3.8, 4) is 5.75 Å². The van der Waals surface area contributed by atoms with E-state index in [0.717, 1.165) is 37.5 Å². The van der Waals surface area contributed by atoms with Gasteiger partial charge in [-0.1, -0.05) is 44.0 Å². The van der Waals surface area contributed by atoms with Gasteiger partial charge in [-0.05, 0) is 92.6 Å². The molecule has 0 bridgehead atoms. The van der Waals surface area contributed by atoms with Crippen molar-refractivity contribution in [2.24, 2.45) is 5.92 Å². The average molecular weight is 420 g/mol. The van der Waals surface area contributed by atoms with Gasteiger partial charge in [0.15, 0.2) is 0 Å². The van der Waals surface area contributed by atoms with E-state index in [1.165, 1.54) is 42.6 Å². The van der Waals surface area contributed by atoms with Crippen LogP contribution in [-0.4, -0.2) is 31.6 Å². The first kappa shape index (κ1) is 23.7. The molecule has 1 aliphatic heterocycles. The highest BCUT2D eigenvalue weighted by atomic mass is 35.5. The number of piperidine rings is 1. The summed E-state index contributed by atoms with van der Waals surface area (Å²) in [6.07, 6.45) is 5.90. The van der Waals surface area contributed by atoms with Gasteiger partial charge in [-0.3, -0.25) is 0 Å². The number of nitrogens with zero attached hydrogens (tertiary/aromatic N) is 1. The van der Waals surface area contributed by atoms with Crippen LogP contribution >= 0.6 is 11.6 Å². The quantitative estimate of drug-likeness (QED) is 0.515. The molecule has 0 aromatic heterocycles. The topological polar surface area (TPSA) is 12.5 Å². The molecular weight excluding hydrogens is 385 g/mol. The smallest absolute Gasteiger partial charge is 0.137 e. The second-order valence-corrected chi connectivity index (χ2v) is 8.47. The van der Waals surface area contributed by atoms with Crippen molar-refractivity contribution in [3.05, 3.63) is 63.9 Å². The molecule has 2 aromatic carbocycles. The number of halogens is 2. The lowest BCUT2D eigenvalue weighted by Gasteiger charge is -2.30. The van der Waals surface area contributed by atoms with Crippen molar-refractivity contribution in [1.82, 2.24) is 4.90 Å². The van der Waals surface area contributed by atoms with Crippen LogP contribution in [0.3, 0.4) is 0 Å². The van der Waals surface area contributed by atoms with Gasteiger partial charge in [0.2, 0.25) is 0 Å². The summed E-state index contributed by atoms with van der Waals surface area (Å²) in [4.78, 5) is 2.52. The normalized spacial score (nSPS) is 15.0. The Balaban J connectivity index is 0.000000212. The molecule has 3 rings (SSSR count). The van der Waals surface area contributed by atoms with Gasteiger partial charge in [0, 0.05) is 6.54 Å². The van der Waals surface area contributed by atoms with Crippen LogP contribution in [0.25, 0.3) is 0 Å². The van der Waals surface area contributed by atoms with E-state index in [2.05, 4.69) is 25.7 Å². The summed E-state index contributed by atoms with van der Waals surface area (Å²) >= 11 is 6.01. The summed E-state index contributed by atoms with van der Waals surface area (Å²) in [6.45, 7) is 10.1. The molecule has 1 fully saturated rings. The average Bonchev–Trinajstić information content (AvgIpc) is 2.72. The van der Waals surface area contributed by atoms with Crippen molar-refractivity contribution >= 4 is 11.6 Å². The minimum Gasteiger partial charge on any atom is -0.495 e. The number of methoxy groups -OCH3 is 1. The van der Waals surface area contributed by atoms with Gasteiger partial charge in [0.1, 0.15) is 11.6 Å². The van der Waals surface area contributed by atoms with Crippen LogP contribution in [0.2, 0.25) is 5.02 Å². The zero-order valence-electron chi connectivity index (χ0n) is 18.3. The fourth-order valence-electron chi connectivity index (χ4n) is 3.62. The standard InChI is InChI=1S/C14H20FN.C11H15ClO/c1-12-6-9-16(10-7-12)11-8-13-2-4-14(15)5-3-13;1-4-5-9-7-10(12)11(13-3)6-8(9)2/h2-5,12H,6-11H2,1H3;6-7H,4-5H2,1-3H3. The lowest BCUT2D eigenvalue weighted by molar-refractivity contribution is 0.194.